The Kier molecular flexibility index (Phi) is 4.25. The van der Waals surface area contributed by atoms with Crippen molar-refractivity contribution in [3.63, 3.8) is 0 Å². The monoisotopic (exact) mass is 325 g/mol. The Bertz CT molecular complexity index is 786. The molecule has 4 nitrogen and oxygen atoms in total. The molecule has 1 aliphatic rings. The SMILES string of the molecule is CC1C(=O)C(CC(=O)c2ccc(F)cc2)C(=O)N1c1ccccc1. The number of para-hydroxylation sites is 1. The first-order valence-corrected chi connectivity index (χ1v) is 7.69. The fraction of sp³-hybridized carbons (Fsp3) is 0.211. The summed E-state index contributed by atoms with van der Waals surface area (Å²) in [5.41, 5.74) is 0.933. The topological polar surface area (TPSA) is 54.5 Å². The van der Waals surface area contributed by atoms with Crippen LogP contribution in [0.3, 0.4) is 0 Å². The standard InChI is InChI=1S/C19H16FNO3/c1-12-18(23)16(11-17(22)13-7-9-14(20)10-8-13)19(24)21(12)15-5-3-2-4-6-15/h2-10,12,16H,11H2,1H3. The molecule has 0 radical (unpaired) electrons. The maximum absolute atomic E-state index is 12.9. The molecule has 0 aliphatic carbocycles. The molecule has 1 fully saturated rings. The van der Waals surface area contributed by atoms with Crippen LogP contribution in [0.5, 0.6) is 0 Å². The third-order valence-electron chi connectivity index (χ3n) is 4.27. The molecule has 1 aliphatic heterocycles. The maximum Gasteiger partial charge on any atom is 0.238 e. The van der Waals surface area contributed by atoms with Gasteiger partial charge in [0, 0.05) is 17.7 Å². The number of nitrogens with zero attached hydrogens (tertiary/aromatic N) is 1. The second kappa shape index (κ2) is 6.35. The fourth-order valence-corrected chi connectivity index (χ4v) is 2.97. The number of ketones is 2. The van der Waals surface area contributed by atoms with E-state index in [9.17, 15) is 18.8 Å². The molecule has 0 N–H and O–H groups in total. The van der Waals surface area contributed by atoms with E-state index in [0.717, 1.165) is 0 Å². The molecule has 2 aromatic carbocycles. The number of Topliss-reactive ketones (excluding diaryl/α,β-unsaturated/α-hetero) is 2. The van der Waals surface area contributed by atoms with E-state index in [2.05, 4.69) is 0 Å². The zero-order valence-electron chi connectivity index (χ0n) is 13.1. The zero-order chi connectivity index (χ0) is 17.3. The van der Waals surface area contributed by atoms with Gasteiger partial charge < -0.3 is 4.90 Å². The summed E-state index contributed by atoms with van der Waals surface area (Å²) in [5, 5.41) is 0. The molecule has 1 saturated heterocycles. The fourth-order valence-electron chi connectivity index (χ4n) is 2.97. The second-order valence-corrected chi connectivity index (χ2v) is 5.81. The van der Waals surface area contributed by atoms with Crippen molar-refractivity contribution in [2.24, 2.45) is 5.92 Å². The van der Waals surface area contributed by atoms with Gasteiger partial charge in [0.2, 0.25) is 5.91 Å². The van der Waals surface area contributed by atoms with Gasteiger partial charge >= 0.3 is 0 Å². The average Bonchev–Trinajstić information content (AvgIpc) is 2.80. The predicted molar refractivity (Wildman–Crippen MR) is 87.2 cm³/mol. The molecule has 2 aromatic rings. The van der Waals surface area contributed by atoms with E-state index >= 15 is 0 Å². The highest BCUT2D eigenvalue weighted by Crippen LogP contribution is 2.30. The van der Waals surface area contributed by atoms with E-state index in [4.69, 9.17) is 0 Å². The first kappa shape index (κ1) is 16.1. The molecule has 2 unspecified atom stereocenters. The van der Waals surface area contributed by atoms with Gasteiger partial charge in [-0.25, -0.2) is 4.39 Å². The first-order chi connectivity index (χ1) is 11.5. The number of hydrogen-bond acceptors (Lipinski definition) is 3. The quantitative estimate of drug-likeness (QED) is 0.641. The lowest BCUT2D eigenvalue weighted by Gasteiger charge is -2.20. The van der Waals surface area contributed by atoms with E-state index in [-0.39, 0.29) is 23.9 Å². The average molecular weight is 325 g/mol. The predicted octanol–water partition coefficient (Wildman–Crippen LogP) is 3.02. The molecule has 5 heteroatoms. The van der Waals surface area contributed by atoms with Gasteiger partial charge in [0.05, 0.1) is 6.04 Å². The Balaban J connectivity index is 1.81. The number of carbonyl (C=O) groups excluding carboxylic acids is 3. The summed E-state index contributed by atoms with van der Waals surface area (Å²) in [7, 11) is 0. The van der Waals surface area contributed by atoms with Crippen LogP contribution in [0.15, 0.2) is 54.6 Å². The minimum Gasteiger partial charge on any atom is -0.302 e. The van der Waals surface area contributed by atoms with Crippen LogP contribution < -0.4 is 4.90 Å². The van der Waals surface area contributed by atoms with Crippen LogP contribution in [0.1, 0.15) is 23.7 Å². The molecule has 1 amide bonds. The Labute approximate surface area is 138 Å². The second-order valence-electron chi connectivity index (χ2n) is 5.81. The Hall–Kier alpha value is -2.82. The third kappa shape index (κ3) is 2.85. The van der Waals surface area contributed by atoms with Gasteiger partial charge in [-0.1, -0.05) is 18.2 Å². The van der Waals surface area contributed by atoms with Gasteiger partial charge in [-0.2, -0.15) is 0 Å². The zero-order valence-corrected chi connectivity index (χ0v) is 13.1. The molecule has 3 rings (SSSR count). The van der Waals surface area contributed by atoms with Crippen molar-refractivity contribution in [1.29, 1.82) is 0 Å². The summed E-state index contributed by atoms with van der Waals surface area (Å²) in [5.74, 6) is -2.40. The summed E-state index contributed by atoms with van der Waals surface area (Å²) in [6.07, 6.45) is -0.197. The molecule has 0 saturated carbocycles. The van der Waals surface area contributed by atoms with Crippen molar-refractivity contribution >= 4 is 23.2 Å². The van der Waals surface area contributed by atoms with Gasteiger partial charge in [-0.05, 0) is 43.3 Å². The van der Waals surface area contributed by atoms with Crippen molar-refractivity contribution < 1.29 is 18.8 Å². The highest BCUT2D eigenvalue weighted by Gasteiger charge is 2.46. The minimum absolute atomic E-state index is 0.197. The van der Waals surface area contributed by atoms with Gasteiger partial charge in [-0.15, -0.1) is 0 Å². The molecule has 122 valence electrons. The van der Waals surface area contributed by atoms with Crippen LogP contribution in [0.2, 0.25) is 0 Å². The summed E-state index contributed by atoms with van der Waals surface area (Å²) < 4.78 is 12.9. The third-order valence-corrected chi connectivity index (χ3v) is 4.27. The van der Waals surface area contributed by atoms with Crippen LogP contribution in [-0.2, 0) is 9.59 Å². The van der Waals surface area contributed by atoms with Gasteiger partial charge in [-0.3, -0.25) is 14.4 Å². The summed E-state index contributed by atoms with van der Waals surface area (Å²) in [6.45, 7) is 1.66. The smallest absolute Gasteiger partial charge is 0.238 e. The minimum atomic E-state index is -0.988. The van der Waals surface area contributed by atoms with Crippen molar-refractivity contribution in [3.05, 3.63) is 66.0 Å². The number of amides is 1. The number of halogens is 1. The van der Waals surface area contributed by atoms with E-state index in [1.807, 2.05) is 6.07 Å². The lowest BCUT2D eigenvalue weighted by molar-refractivity contribution is -0.127. The van der Waals surface area contributed by atoms with Crippen LogP contribution in [0.25, 0.3) is 0 Å². The molecule has 1 heterocycles. The lowest BCUT2D eigenvalue weighted by atomic mass is 9.94. The van der Waals surface area contributed by atoms with Gasteiger partial charge in [0.25, 0.3) is 0 Å². The van der Waals surface area contributed by atoms with Crippen molar-refractivity contribution in [2.75, 3.05) is 4.90 Å². The number of rotatable bonds is 4. The Morgan fingerprint density at radius 3 is 2.29 bits per heavy atom. The van der Waals surface area contributed by atoms with Crippen LogP contribution in [0, 0.1) is 11.7 Å². The van der Waals surface area contributed by atoms with Crippen molar-refractivity contribution in [3.8, 4) is 0 Å². The normalized spacial score (nSPS) is 20.5. The van der Waals surface area contributed by atoms with Crippen molar-refractivity contribution in [2.45, 2.75) is 19.4 Å². The molecular formula is C19H16FNO3. The van der Waals surface area contributed by atoms with Crippen LogP contribution in [0.4, 0.5) is 10.1 Å². The van der Waals surface area contributed by atoms with E-state index in [1.165, 1.54) is 29.2 Å². The summed E-state index contributed by atoms with van der Waals surface area (Å²) in [4.78, 5) is 38.8. The number of carbonyl (C=O) groups is 3. The Morgan fingerprint density at radius 1 is 1.04 bits per heavy atom. The van der Waals surface area contributed by atoms with Gasteiger partial charge in [0.15, 0.2) is 11.6 Å². The Morgan fingerprint density at radius 2 is 1.67 bits per heavy atom. The van der Waals surface area contributed by atoms with E-state index in [0.29, 0.717) is 11.3 Å². The molecule has 24 heavy (non-hydrogen) atoms. The summed E-state index contributed by atoms with van der Waals surface area (Å²) >= 11 is 0. The highest BCUT2D eigenvalue weighted by atomic mass is 19.1. The summed E-state index contributed by atoms with van der Waals surface area (Å²) in [6, 6.07) is 13.4. The number of anilines is 1. The molecule has 0 aromatic heterocycles. The molecule has 0 spiro atoms. The highest BCUT2D eigenvalue weighted by molar-refractivity contribution is 6.21. The number of hydrogen-bond donors (Lipinski definition) is 0. The largest absolute Gasteiger partial charge is 0.302 e. The molecule has 2 atom stereocenters. The van der Waals surface area contributed by atoms with Crippen LogP contribution in [-0.4, -0.2) is 23.5 Å². The first-order valence-electron chi connectivity index (χ1n) is 7.69. The maximum atomic E-state index is 12.9. The molecule has 0 bridgehead atoms. The molecular weight excluding hydrogens is 309 g/mol. The van der Waals surface area contributed by atoms with Gasteiger partial charge in [0.1, 0.15) is 11.7 Å². The van der Waals surface area contributed by atoms with Crippen molar-refractivity contribution in [1.82, 2.24) is 0 Å². The van der Waals surface area contributed by atoms with Crippen LogP contribution >= 0.6 is 0 Å². The van der Waals surface area contributed by atoms with E-state index in [1.54, 1.807) is 31.2 Å². The lowest BCUT2D eigenvalue weighted by Crippen LogP contribution is -2.33. The van der Waals surface area contributed by atoms with E-state index < -0.39 is 17.8 Å². The number of benzene rings is 2.